The standard InChI is InChI=1S/C27H31Cl2N3O3S2/c1-21-11-16-36-25(21)19-31(18-22-7-3-2-4-8-22)27(33)20-32(15-14-30-12-5-6-13-30)37(34,35)26-17-23(28)9-10-24(26)29/h2-4,7-11,16-17H,5-6,12-15,18-20H2,1H3. The van der Waals surface area contributed by atoms with Crippen molar-refractivity contribution >= 4 is 50.5 Å². The maximum atomic E-state index is 13.8. The van der Waals surface area contributed by atoms with Gasteiger partial charge in [-0.25, -0.2) is 8.42 Å². The summed E-state index contributed by atoms with van der Waals surface area (Å²) >= 11 is 14.0. The van der Waals surface area contributed by atoms with Crippen LogP contribution in [0.25, 0.3) is 0 Å². The second kappa shape index (κ2) is 12.7. The lowest BCUT2D eigenvalue weighted by molar-refractivity contribution is -0.132. The third-order valence-corrected chi connectivity index (χ3v) is 10.1. The Morgan fingerprint density at radius 1 is 1.03 bits per heavy atom. The fourth-order valence-electron chi connectivity index (χ4n) is 4.38. The van der Waals surface area contributed by atoms with Gasteiger partial charge in [-0.3, -0.25) is 4.79 Å². The summed E-state index contributed by atoms with van der Waals surface area (Å²) in [4.78, 5) is 18.7. The van der Waals surface area contributed by atoms with Crippen LogP contribution in [0, 0.1) is 6.92 Å². The summed E-state index contributed by atoms with van der Waals surface area (Å²) in [6.45, 7) is 5.13. The van der Waals surface area contributed by atoms with Crippen molar-refractivity contribution < 1.29 is 13.2 Å². The first kappa shape index (κ1) is 28.1. The quantitative estimate of drug-likeness (QED) is 0.293. The Labute approximate surface area is 233 Å². The molecule has 1 saturated heterocycles. The number of carbonyl (C=O) groups excluding carboxylic acids is 1. The zero-order chi connectivity index (χ0) is 26.4. The third kappa shape index (κ3) is 7.34. The average Bonchev–Trinajstić information content (AvgIpc) is 3.55. The van der Waals surface area contributed by atoms with Crippen molar-refractivity contribution in [3.63, 3.8) is 0 Å². The molecule has 1 aliphatic rings. The lowest BCUT2D eigenvalue weighted by Gasteiger charge is -2.29. The van der Waals surface area contributed by atoms with Gasteiger partial charge < -0.3 is 9.80 Å². The Balaban J connectivity index is 1.62. The molecular weight excluding hydrogens is 549 g/mol. The highest BCUT2D eigenvalue weighted by molar-refractivity contribution is 7.89. The van der Waals surface area contributed by atoms with Gasteiger partial charge in [0.25, 0.3) is 0 Å². The van der Waals surface area contributed by atoms with Crippen LogP contribution in [0.1, 0.15) is 28.8 Å². The van der Waals surface area contributed by atoms with Gasteiger partial charge in [0.1, 0.15) is 4.90 Å². The molecule has 0 radical (unpaired) electrons. The molecule has 10 heteroatoms. The number of likely N-dealkylation sites (tertiary alicyclic amines) is 1. The van der Waals surface area contributed by atoms with Crippen LogP contribution in [0.4, 0.5) is 0 Å². The van der Waals surface area contributed by atoms with Gasteiger partial charge >= 0.3 is 0 Å². The summed E-state index contributed by atoms with van der Waals surface area (Å²) < 4.78 is 28.8. The number of hydrogen-bond donors (Lipinski definition) is 0. The summed E-state index contributed by atoms with van der Waals surface area (Å²) in [5, 5.41) is 2.36. The number of nitrogens with zero attached hydrogens (tertiary/aromatic N) is 3. The first-order valence-corrected chi connectivity index (χ1v) is 15.3. The lowest BCUT2D eigenvalue weighted by Crippen LogP contribution is -2.45. The van der Waals surface area contributed by atoms with Gasteiger partial charge in [0.15, 0.2) is 0 Å². The molecule has 0 unspecified atom stereocenters. The van der Waals surface area contributed by atoms with E-state index in [1.54, 1.807) is 22.3 Å². The van der Waals surface area contributed by atoms with Crippen molar-refractivity contribution in [2.24, 2.45) is 0 Å². The maximum Gasteiger partial charge on any atom is 0.245 e. The molecule has 0 N–H and O–H groups in total. The van der Waals surface area contributed by atoms with E-state index < -0.39 is 10.0 Å². The second-order valence-electron chi connectivity index (χ2n) is 9.22. The van der Waals surface area contributed by atoms with Gasteiger partial charge in [0, 0.05) is 29.5 Å². The summed E-state index contributed by atoms with van der Waals surface area (Å²) in [5.74, 6) is -0.264. The number of hydrogen-bond acceptors (Lipinski definition) is 5. The van der Waals surface area contributed by atoms with Crippen LogP contribution in [-0.4, -0.2) is 61.2 Å². The Morgan fingerprint density at radius 2 is 1.76 bits per heavy atom. The van der Waals surface area contributed by atoms with E-state index in [4.69, 9.17) is 23.2 Å². The van der Waals surface area contributed by atoms with E-state index in [-0.39, 0.29) is 33.9 Å². The molecule has 198 valence electrons. The number of rotatable bonds is 11. The highest BCUT2D eigenvalue weighted by Crippen LogP contribution is 2.28. The van der Waals surface area contributed by atoms with Gasteiger partial charge in [0.2, 0.25) is 15.9 Å². The second-order valence-corrected chi connectivity index (χ2v) is 13.0. The fourth-order valence-corrected chi connectivity index (χ4v) is 7.42. The SMILES string of the molecule is Cc1ccsc1CN(Cc1ccccc1)C(=O)CN(CCN1CCCC1)S(=O)(=O)c1cc(Cl)ccc1Cl. The molecule has 1 fully saturated rings. The molecule has 1 aromatic heterocycles. The Bertz CT molecular complexity index is 1310. The monoisotopic (exact) mass is 579 g/mol. The fraction of sp³-hybridized carbons (Fsp3) is 0.370. The number of carbonyl (C=O) groups is 1. The van der Waals surface area contributed by atoms with Gasteiger partial charge in [-0.2, -0.15) is 4.31 Å². The number of aryl methyl sites for hydroxylation is 1. The molecule has 0 aliphatic carbocycles. The normalized spacial score (nSPS) is 14.4. The Kier molecular flexibility index (Phi) is 9.67. The van der Waals surface area contributed by atoms with Crippen molar-refractivity contribution in [3.8, 4) is 0 Å². The zero-order valence-electron chi connectivity index (χ0n) is 20.8. The number of benzene rings is 2. The van der Waals surface area contributed by atoms with Crippen molar-refractivity contribution in [1.82, 2.24) is 14.1 Å². The minimum atomic E-state index is -4.07. The van der Waals surface area contributed by atoms with E-state index in [1.807, 2.05) is 48.7 Å². The molecule has 4 rings (SSSR count). The van der Waals surface area contributed by atoms with Crippen LogP contribution in [0.5, 0.6) is 0 Å². The zero-order valence-corrected chi connectivity index (χ0v) is 23.9. The Hall–Kier alpha value is -1.94. The molecule has 0 spiro atoms. The molecule has 2 heterocycles. The van der Waals surface area contributed by atoms with Crippen LogP contribution in [0.15, 0.2) is 64.9 Å². The minimum absolute atomic E-state index is 0.0818. The predicted octanol–water partition coefficient (Wildman–Crippen LogP) is 5.68. The molecule has 1 aliphatic heterocycles. The molecule has 3 aromatic rings. The number of thiophene rings is 1. The molecule has 0 saturated carbocycles. The molecule has 0 bridgehead atoms. The van der Waals surface area contributed by atoms with Crippen molar-refractivity contribution in [1.29, 1.82) is 0 Å². The van der Waals surface area contributed by atoms with Crippen molar-refractivity contribution in [2.75, 3.05) is 32.7 Å². The average molecular weight is 581 g/mol. The van der Waals surface area contributed by atoms with Crippen LogP contribution in [0.2, 0.25) is 10.0 Å². The molecule has 6 nitrogen and oxygen atoms in total. The largest absolute Gasteiger partial charge is 0.332 e. The van der Waals surface area contributed by atoms with Gasteiger partial charge in [-0.1, -0.05) is 53.5 Å². The summed E-state index contributed by atoms with van der Waals surface area (Å²) in [6, 6.07) is 16.1. The van der Waals surface area contributed by atoms with E-state index in [2.05, 4.69) is 4.90 Å². The first-order chi connectivity index (χ1) is 17.7. The molecule has 0 atom stereocenters. The third-order valence-electron chi connectivity index (χ3n) is 6.56. The van der Waals surface area contributed by atoms with Gasteiger partial charge in [0.05, 0.1) is 18.1 Å². The molecule has 2 aromatic carbocycles. The Morgan fingerprint density at radius 3 is 2.43 bits per heavy atom. The number of halogens is 2. The van der Waals surface area contributed by atoms with Gasteiger partial charge in [-0.15, -0.1) is 11.3 Å². The van der Waals surface area contributed by atoms with Crippen LogP contribution in [0.3, 0.4) is 0 Å². The topological polar surface area (TPSA) is 60.9 Å². The number of amides is 1. The van der Waals surface area contributed by atoms with Crippen molar-refractivity contribution in [3.05, 3.63) is 86.0 Å². The smallest absolute Gasteiger partial charge is 0.245 e. The van der Waals surface area contributed by atoms with Crippen LogP contribution in [-0.2, 0) is 27.9 Å². The van der Waals surface area contributed by atoms with Crippen molar-refractivity contribution in [2.45, 2.75) is 37.8 Å². The van der Waals surface area contributed by atoms with E-state index in [1.165, 1.54) is 16.4 Å². The minimum Gasteiger partial charge on any atom is -0.332 e. The molecule has 37 heavy (non-hydrogen) atoms. The predicted molar refractivity (Wildman–Crippen MR) is 151 cm³/mol. The van der Waals surface area contributed by atoms with E-state index in [0.717, 1.165) is 41.9 Å². The summed E-state index contributed by atoms with van der Waals surface area (Å²) in [6.07, 6.45) is 2.19. The molecular formula is C27H31Cl2N3O3S2. The maximum absolute atomic E-state index is 13.8. The highest BCUT2D eigenvalue weighted by atomic mass is 35.5. The summed E-state index contributed by atoms with van der Waals surface area (Å²) in [7, 11) is -4.07. The van der Waals surface area contributed by atoms with Gasteiger partial charge in [-0.05, 0) is 73.6 Å². The first-order valence-electron chi connectivity index (χ1n) is 12.3. The van der Waals surface area contributed by atoms with E-state index in [9.17, 15) is 13.2 Å². The molecule has 1 amide bonds. The van der Waals surface area contributed by atoms with Crippen LogP contribution >= 0.6 is 34.5 Å². The highest BCUT2D eigenvalue weighted by Gasteiger charge is 2.31. The van der Waals surface area contributed by atoms with E-state index in [0.29, 0.717) is 19.6 Å². The van der Waals surface area contributed by atoms with E-state index >= 15 is 0 Å². The lowest BCUT2D eigenvalue weighted by atomic mass is 10.2. The van der Waals surface area contributed by atoms with Crippen LogP contribution < -0.4 is 0 Å². The summed E-state index contributed by atoms with van der Waals surface area (Å²) in [5.41, 5.74) is 2.09. The number of sulfonamides is 1.